The fourth-order valence-electron chi connectivity index (χ4n) is 4.32. The number of aromatic nitrogens is 3. The number of fused-ring (bicyclic) bond motifs is 1. The van der Waals surface area contributed by atoms with Crippen LogP contribution in [0.25, 0.3) is 22.2 Å². The number of ketones is 1. The van der Waals surface area contributed by atoms with Crippen LogP contribution < -0.4 is 19.5 Å². The molecule has 206 valence electrons. The van der Waals surface area contributed by atoms with Gasteiger partial charge in [0.25, 0.3) is 0 Å². The van der Waals surface area contributed by atoms with Gasteiger partial charge in [0.2, 0.25) is 11.8 Å². The van der Waals surface area contributed by atoms with Gasteiger partial charge in [0.05, 0.1) is 36.6 Å². The number of anilines is 2. The third kappa shape index (κ3) is 5.69. The van der Waals surface area contributed by atoms with Gasteiger partial charge in [0, 0.05) is 35.3 Å². The third-order valence-corrected chi connectivity index (χ3v) is 7.46. The highest BCUT2D eigenvalue weighted by molar-refractivity contribution is 6.41. The number of hydrogen-bond donors (Lipinski definition) is 1. The van der Waals surface area contributed by atoms with Gasteiger partial charge in [-0.3, -0.25) is 4.79 Å². The number of ether oxygens (including phenoxy) is 3. The van der Waals surface area contributed by atoms with Crippen LogP contribution in [-0.2, 0) is 11.2 Å². The van der Waals surface area contributed by atoms with Crippen molar-refractivity contribution in [3.8, 4) is 28.6 Å². The van der Waals surface area contributed by atoms with Crippen LogP contribution in [0, 0.1) is 12.8 Å². The quantitative estimate of drug-likeness (QED) is 0.187. The molecule has 0 radical (unpaired) electrons. The van der Waals surface area contributed by atoms with Crippen LogP contribution in [0.15, 0.2) is 49.2 Å². The third-order valence-electron chi connectivity index (χ3n) is 6.70. The van der Waals surface area contributed by atoms with Gasteiger partial charge in [-0.15, -0.1) is 0 Å². The van der Waals surface area contributed by atoms with Gasteiger partial charge in [0.1, 0.15) is 17.0 Å². The monoisotopic (exact) mass is 578 g/mol. The molecule has 2 aromatic heterocycles. The number of allylic oxidation sites excluding steroid dienone is 1. The molecule has 0 saturated heterocycles. The first kappa shape index (κ1) is 27.7. The number of halogens is 2. The fraction of sp³-hybridized carbons (Fsp3) is 0.267. The molecule has 0 atom stereocenters. The Labute approximate surface area is 242 Å². The zero-order chi connectivity index (χ0) is 28.4. The van der Waals surface area contributed by atoms with Crippen molar-refractivity contribution in [1.29, 1.82) is 0 Å². The first-order chi connectivity index (χ1) is 19.3. The minimum atomic E-state index is -0.0768. The number of carbonyl (C=O) groups is 1. The highest BCUT2D eigenvalue weighted by Gasteiger charge is 2.25. The van der Waals surface area contributed by atoms with Crippen LogP contribution in [0.4, 0.5) is 11.6 Å². The number of methoxy groups -OCH3 is 2. The van der Waals surface area contributed by atoms with Crippen molar-refractivity contribution in [2.45, 2.75) is 26.2 Å². The molecule has 1 aliphatic carbocycles. The van der Waals surface area contributed by atoms with Crippen LogP contribution in [-0.4, -0.2) is 41.6 Å². The number of benzene rings is 2. The van der Waals surface area contributed by atoms with E-state index in [1.165, 1.54) is 20.3 Å². The summed E-state index contributed by atoms with van der Waals surface area (Å²) >= 11 is 13.4. The number of nitrogens with one attached hydrogen (secondary N) is 1. The molecule has 40 heavy (non-hydrogen) atoms. The second-order valence-electron chi connectivity index (χ2n) is 9.56. The zero-order valence-electron chi connectivity index (χ0n) is 22.4. The van der Waals surface area contributed by atoms with E-state index in [0.717, 1.165) is 29.7 Å². The molecule has 1 aliphatic rings. The van der Waals surface area contributed by atoms with E-state index in [9.17, 15) is 4.79 Å². The lowest BCUT2D eigenvalue weighted by Gasteiger charge is -2.17. The Hall–Kier alpha value is -3.88. The summed E-state index contributed by atoms with van der Waals surface area (Å²) in [7, 11) is 3.04. The Morgan fingerprint density at radius 3 is 2.50 bits per heavy atom. The second-order valence-corrected chi connectivity index (χ2v) is 10.3. The first-order valence-electron chi connectivity index (χ1n) is 12.7. The van der Waals surface area contributed by atoms with E-state index in [4.69, 9.17) is 47.4 Å². The maximum atomic E-state index is 12.1. The summed E-state index contributed by atoms with van der Waals surface area (Å²) in [5.74, 6) is 1.90. The molecule has 1 N–H and O–H groups in total. The highest BCUT2D eigenvalue weighted by Crippen LogP contribution is 2.46. The van der Waals surface area contributed by atoms with Gasteiger partial charge in [-0.05, 0) is 49.0 Å². The molecule has 0 spiro atoms. The number of carbonyl (C=O) groups excluding carboxylic acids is 1. The summed E-state index contributed by atoms with van der Waals surface area (Å²) in [4.78, 5) is 26.2. The number of hydrogen-bond acceptors (Lipinski definition) is 8. The maximum Gasteiger partial charge on any atom is 0.241 e. The standard InChI is InChI=1S/C30H28Cl2N4O4/c1-5-20(37)11-18-8-6-7-16(2)27(18)35-30-33-14-19-12-21(34-29(28(19)36-30)40-15-17-9-10-17)24-25(31)22(38-3)13-23(39-4)26(24)32/h5-8,12-14,17H,1,9-11,15H2,2-4H3,(H,33,35,36). The summed E-state index contributed by atoms with van der Waals surface area (Å²) in [6.07, 6.45) is 5.45. The number of para-hydroxylation sites is 1. The smallest absolute Gasteiger partial charge is 0.241 e. The second kappa shape index (κ2) is 11.7. The Bertz CT molecular complexity index is 1590. The van der Waals surface area contributed by atoms with E-state index >= 15 is 0 Å². The maximum absolute atomic E-state index is 12.1. The van der Waals surface area contributed by atoms with Crippen LogP contribution >= 0.6 is 23.2 Å². The van der Waals surface area contributed by atoms with E-state index in [2.05, 4.69) is 16.9 Å². The van der Waals surface area contributed by atoms with Crippen molar-refractivity contribution in [2.75, 3.05) is 26.1 Å². The molecule has 4 aromatic rings. The van der Waals surface area contributed by atoms with E-state index < -0.39 is 0 Å². The Balaban J connectivity index is 1.61. The molecule has 0 unspecified atom stereocenters. The Morgan fingerprint density at radius 2 is 1.85 bits per heavy atom. The lowest BCUT2D eigenvalue weighted by molar-refractivity contribution is -0.114. The number of nitrogens with zero attached hydrogens (tertiary/aromatic N) is 3. The first-order valence-corrected chi connectivity index (χ1v) is 13.5. The van der Waals surface area contributed by atoms with Gasteiger partial charge in [-0.1, -0.05) is 48.0 Å². The van der Waals surface area contributed by atoms with E-state index in [-0.39, 0.29) is 12.2 Å². The van der Waals surface area contributed by atoms with E-state index in [0.29, 0.717) is 68.1 Å². The number of rotatable bonds is 11. The van der Waals surface area contributed by atoms with Gasteiger partial charge in [-0.25, -0.2) is 15.0 Å². The van der Waals surface area contributed by atoms with Crippen LogP contribution in [0.5, 0.6) is 17.4 Å². The zero-order valence-corrected chi connectivity index (χ0v) is 23.9. The molecule has 2 heterocycles. The average Bonchev–Trinajstić information content (AvgIpc) is 3.78. The van der Waals surface area contributed by atoms with Crippen molar-refractivity contribution in [1.82, 2.24) is 15.0 Å². The predicted octanol–water partition coefficient (Wildman–Crippen LogP) is 7.15. The van der Waals surface area contributed by atoms with E-state index in [1.54, 1.807) is 18.3 Å². The summed E-state index contributed by atoms with van der Waals surface area (Å²) in [6, 6.07) is 9.19. The predicted molar refractivity (Wildman–Crippen MR) is 157 cm³/mol. The molecule has 0 amide bonds. The minimum absolute atomic E-state index is 0.0768. The van der Waals surface area contributed by atoms with Crippen LogP contribution in [0.3, 0.4) is 0 Å². The highest BCUT2D eigenvalue weighted by atomic mass is 35.5. The molecular formula is C30H28Cl2N4O4. The lowest BCUT2D eigenvalue weighted by atomic mass is 10.0. The topological polar surface area (TPSA) is 95.5 Å². The molecular weight excluding hydrogens is 551 g/mol. The van der Waals surface area contributed by atoms with Crippen LogP contribution in [0.1, 0.15) is 24.0 Å². The Morgan fingerprint density at radius 1 is 1.12 bits per heavy atom. The van der Waals surface area contributed by atoms with Gasteiger partial charge in [0.15, 0.2) is 5.78 Å². The SMILES string of the molecule is C=CC(=O)Cc1cccc(C)c1Nc1ncc2cc(-c3c(Cl)c(OC)cc(OC)c3Cl)nc(OCC3CC3)c2n1. The van der Waals surface area contributed by atoms with Crippen LogP contribution in [0.2, 0.25) is 10.0 Å². The lowest BCUT2D eigenvalue weighted by Crippen LogP contribution is -2.07. The summed E-state index contributed by atoms with van der Waals surface area (Å²) in [5, 5.41) is 4.58. The Kier molecular flexibility index (Phi) is 8.09. The minimum Gasteiger partial charge on any atom is -0.495 e. The molecule has 10 heteroatoms. The van der Waals surface area contributed by atoms with E-state index in [1.807, 2.05) is 25.1 Å². The van der Waals surface area contributed by atoms with Gasteiger partial charge >= 0.3 is 0 Å². The van der Waals surface area contributed by atoms with Crippen molar-refractivity contribution < 1.29 is 19.0 Å². The number of pyridine rings is 1. The average molecular weight is 579 g/mol. The van der Waals surface area contributed by atoms with Crippen molar-refractivity contribution in [3.05, 3.63) is 70.4 Å². The summed E-state index contributed by atoms with van der Waals surface area (Å²) in [6.45, 7) is 6.06. The summed E-state index contributed by atoms with van der Waals surface area (Å²) in [5.41, 5.74) is 4.00. The largest absolute Gasteiger partial charge is 0.495 e. The number of aryl methyl sites for hydroxylation is 1. The van der Waals surface area contributed by atoms with Crippen molar-refractivity contribution in [3.63, 3.8) is 0 Å². The molecule has 5 rings (SSSR count). The molecule has 1 fully saturated rings. The normalized spacial score (nSPS) is 12.7. The molecule has 8 nitrogen and oxygen atoms in total. The molecule has 0 bridgehead atoms. The van der Waals surface area contributed by atoms with Crippen molar-refractivity contribution >= 4 is 51.5 Å². The molecule has 1 saturated carbocycles. The molecule has 2 aromatic carbocycles. The van der Waals surface area contributed by atoms with Crippen molar-refractivity contribution in [2.24, 2.45) is 5.92 Å². The summed E-state index contributed by atoms with van der Waals surface area (Å²) < 4.78 is 17.1. The fourth-order valence-corrected chi connectivity index (χ4v) is 5.01. The van der Waals surface area contributed by atoms with Gasteiger partial charge in [-0.2, -0.15) is 0 Å². The molecule has 0 aliphatic heterocycles. The van der Waals surface area contributed by atoms with Gasteiger partial charge < -0.3 is 19.5 Å².